The molecule has 0 saturated heterocycles. The highest BCUT2D eigenvalue weighted by atomic mass is 32.1. The summed E-state index contributed by atoms with van der Waals surface area (Å²) in [5.41, 5.74) is 5.95. The molecule has 6 heteroatoms. The summed E-state index contributed by atoms with van der Waals surface area (Å²) in [5, 5.41) is 11.4. The Morgan fingerprint density at radius 3 is 3.00 bits per heavy atom. The average Bonchev–Trinajstić information content (AvgIpc) is 2.82. The number of thiazole rings is 1. The zero-order valence-electron chi connectivity index (χ0n) is 9.96. The van der Waals surface area contributed by atoms with Crippen molar-refractivity contribution in [3.63, 3.8) is 0 Å². The normalized spacial score (nSPS) is 24.4. The number of aromatic nitrogens is 1. The smallest absolute Gasteiger partial charge is 0.326 e. The lowest BCUT2D eigenvalue weighted by atomic mass is 10.2. The van der Waals surface area contributed by atoms with Crippen LogP contribution in [0.1, 0.15) is 25.1 Å². The molecule has 1 aromatic rings. The second kappa shape index (κ2) is 4.62. The maximum atomic E-state index is 10.7. The number of aliphatic carboxylic acids is 1. The fourth-order valence-electron chi connectivity index (χ4n) is 1.80. The third-order valence-electron chi connectivity index (χ3n) is 3.21. The van der Waals surface area contributed by atoms with Crippen LogP contribution < -0.4 is 10.6 Å². The first-order valence-electron chi connectivity index (χ1n) is 5.64. The van der Waals surface area contributed by atoms with Gasteiger partial charge in [0.25, 0.3) is 0 Å². The Kier molecular flexibility index (Phi) is 3.35. The minimum Gasteiger partial charge on any atom is -0.480 e. The Labute approximate surface area is 104 Å². The van der Waals surface area contributed by atoms with Crippen LogP contribution in [0.25, 0.3) is 0 Å². The molecule has 0 amide bonds. The van der Waals surface area contributed by atoms with Gasteiger partial charge < -0.3 is 15.7 Å². The van der Waals surface area contributed by atoms with Crippen molar-refractivity contribution in [1.29, 1.82) is 0 Å². The third kappa shape index (κ3) is 2.76. The van der Waals surface area contributed by atoms with E-state index in [1.54, 1.807) is 5.38 Å². The number of hydrogen-bond donors (Lipinski definition) is 2. The van der Waals surface area contributed by atoms with Crippen LogP contribution in [0.3, 0.4) is 0 Å². The molecule has 5 nitrogen and oxygen atoms in total. The molecule has 1 saturated carbocycles. The van der Waals surface area contributed by atoms with Crippen molar-refractivity contribution in [3.8, 4) is 0 Å². The van der Waals surface area contributed by atoms with E-state index >= 15 is 0 Å². The fourth-order valence-corrected chi connectivity index (χ4v) is 2.64. The van der Waals surface area contributed by atoms with Gasteiger partial charge in [-0.05, 0) is 18.3 Å². The molecule has 0 aliphatic heterocycles. The van der Waals surface area contributed by atoms with Crippen LogP contribution in [0, 0.1) is 11.8 Å². The van der Waals surface area contributed by atoms with Crippen molar-refractivity contribution < 1.29 is 9.90 Å². The molecule has 0 aromatic carbocycles. The van der Waals surface area contributed by atoms with Crippen LogP contribution in [0.15, 0.2) is 5.38 Å². The van der Waals surface area contributed by atoms with Gasteiger partial charge in [0, 0.05) is 19.0 Å². The fraction of sp³-hybridized carbons (Fsp3) is 0.636. The molecule has 1 aromatic heterocycles. The number of carboxylic acid groups (broad SMARTS) is 1. The molecule has 3 N–H and O–H groups in total. The Morgan fingerprint density at radius 1 is 1.82 bits per heavy atom. The van der Waals surface area contributed by atoms with Gasteiger partial charge in [-0.2, -0.15) is 0 Å². The monoisotopic (exact) mass is 255 g/mol. The molecular weight excluding hydrogens is 238 g/mol. The summed E-state index contributed by atoms with van der Waals surface area (Å²) in [6.45, 7) is 3.22. The highest BCUT2D eigenvalue weighted by Gasteiger charge is 2.33. The van der Waals surface area contributed by atoms with Gasteiger partial charge in [0.15, 0.2) is 5.13 Å². The zero-order valence-corrected chi connectivity index (χ0v) is 10.8. The minimum atomic E-state index is -1.04. The number of hydrogen-bond acceptors (Lipinski definition) is 5. The SMILES string of the molecule is CC1CC1CN(C)c1nc(C(N)C(=O)O)cs1. The highest BCUT2D eigenvalue weighted by molar-refractivity contribution is 7.13. The minimum absolute atomic E-state index is 0.438. The Balaban J connectivity index is 1.99. The van der Waals surface area contributed by atoms with Crippen molar-refractivity contribution in [2.75, 3.05) is 18.5 Å². The van der Waals surface area contributed by atoms with E-state index in [0.717, 1.165) is 23.5 Å². The van der Waals surface area contributed by atoms with Crippen LogP contribution in [-0.4, -0.2) is 29.7 Å². The first-order valence-corrected chi connectivity index (χ1v) is 6.52. The predicted molar refractivity (Wildman–Crippen MR) is 67.2 cm³/mol. The van der Waals surface area contributed by atoms with E-state index in [1.165, 1.54) is 17.8 Å². The molecule has 1 aliphatic rings. The van der Waals surface area contributed by atoms with Gasteiger partial charge in [-0.25, -0.2) is 4.98 Å². The highest BCUT2D eigenvalue weighted by Crippen LogP contribution is 2.39. The van der Waals surface area contributed by atoms with Crippen LogP contribution in [0.2, 0.25) is 0 Å². The summed E-state index contributed by atoms with van der Waals surface area (Å²) in [6, 6.07) is -1.02. The topological polar surface area (TPSA) is 79.5 Å². The van der Waals surface area contributed by atoms with Gasteiger partial charge in [0.1, 0.15) is 6.04 Å². The predicted octanol–water partition coefficient (Wildman–Crippen LogP) is 1.32. The summed E-state index contributed by atoms with van der Waals surface area (Å²) >= 11 is 1.45. The number of rotatable bonds is 5. The molecular formula is C11H17N3O2S. The van der Waals surface area contributed by atoms with Gasteiger partial charge in [0.05, 0.1) is 5.69 Å². The molecule has 0 radical (unpaired) electrons. The quantitative estimate of drug-likeness (QED) is 0.829. The molecule has 3 atom stereocenters. The number of anilines is 1. The van der Waals surface area contributed by atoms with E-state index in [0.29, 0.717) is 5.69 Å². The molecule has 17 heavy (non-hydrogen) atoms. The van der Waals surface area contributed by atoms with E-state index in [2.05, 4.69) is 16.8 Å². The van der Waals surface area contributed by atoms with Crippen LogP contribution in [-0.2, 0) is 4.79 Å². The lowest BCUT2D eigenvalue weighted by molar-refractivity contribution is -0.138. The maximum absolute atomic E-state index is 10.7. The van der Waals surface area contributed by atoms with Crippen molar-refractivity contribution in [3.05, 3.63) is 11.1 Å². The lowest BCUT2D eigenvalue weighted by Gasteiger charge is -2.15. The summed E-state index contributed by atoms with van der Waals surface area (Å²) in [7, 11) is 1.99. The van der Waals surface area contributed by atoms with Gasteiger partial charge in [-0.3, -0.25) is 4.79 Å². The molecule has 0 bridgehead atoms. The first-order chi connectivity index (χ1) is 7.99. The number of carboxylic acids is 1. The Bertz CT molecular complexity index is 421. The summed E-state index contributed by atoms with van der Waals surface area (Å²) in [4.78, 5) is 17.1. The van der Waals surface area contributed by atoms with E-state index < -0.39 is 12.0 Å². The molecule has 1 heterocycles. The maximum Gasteiger partial charge on any atom is 0.326 e. The van der Waals surface area contributed by atoms with Gasteiger partial charge in [-0.15, -0.1) is 11.3 Å². The van der Waals surface area contributed by atoms with Gasteiger partial charge in [-0.1, -0.05) is 6.92 Å². The second-order valence-electron chi connectivity index (χ2n) is 4.72. The van der Waals surface area contributed by atoms with E-state index in [9.17, 15) is 4.79 Å². The van der Waals surface area contributed by atoms with Crippen molar-refractivity contribution in [2.24, 2.45) is 17.6 Å². The zero-order chi connectivity index (χ0) is 12.6. The number of nitrogens with zero attached hydrogens (tertiary/aromatic N) is 2. The largest absolute Gasteiger partial charge is 0.480 e. The lowest BCUT2D eigenvalue weighted by Crippen LogP contribution is -2.23. The van der Waals surface area contributed by atoms with E-state index in [4.69, 9.17) is 10.8 Å². The molecule has 0 spiro atoms. The van der Waals surface area contributed by atoms with Crippen molar-refractivity contribution >= 4 is 22.4 Å². The van der Waals surface area contributed by atoms with Crippen LogP contribution in [0.4, 0.5) is 5.13 Å². The Morgan fingerprint density at radius 2 is 2.47 bits per heavy atom. The molecule has 94 valence electrons. The summed E-state index contributed by atoms with van der Waals surface area (Å²) in [5.74, 6) is 0.513. The van der Waals surface area contributed by atoms with E-state index in [1.807, 2.05) is 7.05 Å². The van der Waals surface area contributed by atoms with Gasteiger partial charge >= 0.3 is 5.97 Å². The summed E-state index contributed by atoms with van der Waals surface area (Å²) < 4.78 is 0. The van der Waals surface area contributed by atoms with Crippen LogP contribution in [0.5, 0.6) is 0 Å². The standard InChI is InChI=1S/C11H17N3O2S/c1-6-3-7(6)4-14(2)11-13-8(5-17-11)9(12)10(15)16/h5-7,9H,3-4,12H2,1-2H3,(H,15,16). The molecule has 1 aliphatic carbocycles. The van der Waals surface area contributed by atoms with Crippen LogP contribution >= 0.6 is 11.3 Å². The number of nitrogens with two attached hydrogens (primary N) is 1. The Hall–Kier alpha value is -1.14. The third-order valence-corrected chi connectivity index (χ3v) is 4.18. The summed E-state index contributed by atoms with van der Waals surface area (Å²) in [6.07, 6.45) is 1.28. The molecule has 3 unspecified atom stereocenters. The number of carbonyl (C=O) groups is 1. The average molecular weight is 255 g/mol. The molecule has 1 fully saturated rings. The molecule has 2 rings (SSSR count). The first kappa shape index (κ1) is 12.3. The second-order valence-corrected chi connectivity index (χ2v) is 5.56. The van der Waals surface area contributed by atoms with Crippen molar-refractivity contribution in [1.82, 2.24) is 4.98 Å². The van der Waals surface area contributed by atoms with Crippen molar-refractivity contribution in [2.45, 2.75) is 19.4 Å². The van der Waals surface area contributed by atoms with Gasteiger partial charge in [0.2, 0.25) is 0 Å². The van der Waals surface area contributed by atoms with E-state index in [-0.39, 0.29) is 0 Å².